The van der Waals surface area contributed by atoms with E-state index < -0.39 is 33.3 Å². The first kappa shape index (κ1) is 21.0. The van der Waals surface area contributed by atoms with Crippen LogP contribution in [0.2, 0.25) is 5.02 Å². The largest absolute Gasteiger partial charge is 0.417 e. The van der Waals surface area contributed by atoms with Gasteiger partial charge in [0.05, 0.1) is 29.0 Å². The van der Waals surface area contributed by atoms with E-state index in [2.05, 4.69) is 5.32 Å². The molecule has 0 aromatic heterocycles. The third kappa shape index (κ3) is 5.85. The van der Waals surface area contributed by atoms with Crippen molar-refractivity contribution in [1.29, 1.82) is 0 Å². The molecule has 146 valence electrons. The summed E-state index contributed by atoms with van der Waals surface area (Å²) in [5, 5.41) is 2.34. The first-order chi connectivity index (χ1) is 12.0. The molecule has 2 rings (SSSR count). The molecule has 0 radical (unpaired) electrons. The Kier molecular flexibility index (Phi) is 6.57. The van der Waals surface area contributed by atoms with Crippen molar-refractivity contribution in [2.24, 2.45) is 5.92 Å². The standard InChI is InChI=1S/C16H19ClF3NO4S/c1-26(23,24)25-9-10-5-7-11(8-6-10)21-15(22)14-12(16(18,19)20)3-2-4-13(14)17/h2-4,10-11H,5-9H2,1H3,(H,21,22). The van der Waals surface area contributed by atoms with E-state index in [1.54, 1.807) is 0 Å². The second-order valence-electron chi connectivity index (χ2n) is 6.34. The molecule has 0 aliphatic heterocycles. The first-order valence-electron chi connectivity index (χ1n) is 7.98. The van der Waals surface area contributed by atoms with E-state index in [-0.39, 0.29) is 23.6 Å². The number of hydrogen-bond acceptors (Lipinski definition) is 4. The van der Waals surface area contributed by atoms with Crippen LogP contribution in [0.25, 0.3) is 0 Å². The number of nitrogens with one attached hydrogen (secondary N) is 1. The predicted octanol–water partition coefficient (Wildman–Crippen LogP) is 3.62. The molecule has 0 heterocycles. The summed E-state index contributed by atoms with van der Waals surface area (Å²) in [6, 6.07) is 2.91. The highest BCUT2D eigenvalue weighted by Crippen LogP contribution is 2.35. The van der Waals surface area contributed by atoms with E-state index in [9.17, 15) is 26.4 Å². The minimum Gasteiger partial charge on any atom is -0.349 e. The van der Waals surface area contributed by atoms with Crippen molar-refractivity contribution in [2.75, 3.05) is 12.9 Å². The molecule has 26 heavy (non-hydrogen) atoms. The Labute approximate surface area is 155 Å². The summed E-state index contributed by atoms with van der Waals surface area (Å²) in [6.07, 6.45) is -1.45. The highest BCUT2D eigenvalue weighted by Gasteiger charge is 2.37. The summed E-state index contributed by atoms with van der Waals surface area (Å²) in [4.78, 5) is 12.3. The zero-order valence-electron chi connectivity index (χ0n) is 14.0. The Balaban J connectivity index is 1.98. The summed E-state index contributed by atoms with van der Waals surface area (Å²) in [5.41, 5.74) is -1.65. The quantitative estimate of drug-likeness (QED) is 0.748. The van der Waals surface area contributed by atoms with Gasteiger partial charge >= 0.3 is 6.18 Å². The molecule has 1 aliphatic carbocycles. The zero-order valence-corrected chi connectivity index (χ0v) is 15.5. The summed E-state index contributed by atoms with van der Waals surface area (Å²) in [7, 11) is -3.51. The molecule has 1 aromatic rings. The van der Waals surface area contributed by atoms with Gasteiger partial charge in [0.2, 0.25) is 0 Å². The maximum Gasteiger partial charge on any atom is 0.417 e. The second kappa shape index (κ2) is 8.14. The molecule has 0 atom stereocenters. The summed E-state index contributed by atoms with van der Waals surface area (Å²) >= 11 is 5.82. The van der Waals surface area contributed by atoms with Crippen molar-refractivity contribution in [2.45, 2.75) is 37.9 Å². The molecule has 1 aliphatic rings. The van der Waals surface area contributed by atoms with E-state index in [0.717, 1.165) is 18.4 Å². The molecular formula is C16H19ClF3NO4S. The molecule has 0 spiro atoms. The van der Waals surface area contributed by atoms with Crippen LogP contribution in [-0.4, -0.2) is 33.2 Å². The van der Waals surface area contributed by atoms with Gasteiger partial charge in [0, 0.05) is 6.04 Å². The fourth-order valence-corrected chi connectivity index (χ4v) is 3.64. The van der Waals surface area contributed by atoms with Crippen molar-refractivity contribution in [3.8, 4) is 0 Å². The first-order valence-corrected chi connectivity index (χ1v) is 10.2. The van der Waals surface area contributed by atoms with Gasteiger partial charge in [0.15, 0.2) is 0 Å². The molecule has 1 N–H and O–H groups in total. The van der Waals surface area contributed by atoms with Crippen molar-refractivity contribution >= 4 is 27.6 Å². The smallest absolute Gasteiger partial charge is 0.349 e. The van der Waals surface area contributed by atoms with Gasteiger partial charge in [0.1, 0.15) is 0 Å². The number of benzene rings is 1. The van der Waals surface area contributed by atoms with E-state index >= 15 is 0 Å². The third-order valence-corrected chi connectivity index (χ3v) is 5.13. The SMILES string of the molecule is CS(=O)(=O)OCC1CCC(NC(=O)c2c(Cl)cccc2C(F)(F)F)CC1. The summed E-state index contributed by atoms with van der Waals surface area (Å²) in [6.45, 7) is 0.0717. The Bertz CT molecular complexity index is 759. The fourth-order valence-electron chi connectivity index (χ4n) is 2.94. The molecule has 0 saturated heterocycles. The van der Waals surface area contributed by atoms with Gasteiger partial charge in [-0.05, 0) is 43.7 Å². The van der Waals surface area contributed by atoms with Gasteiger partial charge < -0.3 is 5.32 Å². The molecule has 5 nitrogen and oxygen atoms in total. The average Bonchev–Trinajstić information content (AvgIpc) is 2.52. The minimum absolute atomic E-state index is 0.0314. The number of hydrogen-bond donors (Lipinski definition) is 1. The maximum absolute atomic E-state index is 13.1. The van der Waals surface area contributed by atoms with Crippen LogP contribution < -0.4 is 5.32 Å². The van der Waals surface area contributed by atoms with Crippen molar-refractivity contribution in [3.05, 3.63) is 34.3 Å². The lowest BCUT2D eigenvalue weighted by Gasteiger charge is -2.29. The number of carbonyl (C=O) groups excluding carboxylic acids is 1. The highest BCUT2D eigenvalue weighted by molar-refractivity contribution is 7.85. The molecule has 1 fully saturated rings. The van der Waals surface area contributed by atoms with E-state index in [1.807, 2.05) is 0 Å². The fraction of sp³-hybridized carbons (Fsp3) is 0.562. The molecule has 1 saturated carbocycles. The van der Waals surface area contributed by atoms with Crippen LogP contribution >= 0.6 is 11.6 Å². The van der Waals surface area contributed by atoms with Crippen LogP contribution in [0.5, 0.6) is 0 Å². The number of alkyl halides is 3. The topological polar surface area (TPSA) is 72.5 Å². The molecule has 10 heteroatoms. The van der Waals surface area contributed by atoms with Crippen molar-refractivity contribution < 1.29 is 30.6 Å². The average molecular weight is 414 g/mol. The highest BCUT2D eigenvalue weighted by atomic mass is 35.5. The Morgan fingerprint density at radius 1 is 1.27 bits per heavy atom. The molecule has 0 bridgehead atoms. The summed E-state index contributed by atoms with van der Waals surface area (Å²) in [5.74, 6) is -0.831. The van der Waals surface area contributed by atoms with Crippen LogP contribution in [0, 0.1) is 5.92 Å². The van der Waals surface area contributed by atoms with Gasteiger partial charge in [-0.3, -0.25) is 8.98 Å². The Morgan fingerprint density at radius 3 is 2.42 bits per heavy atom. The second-order valence-corrected chi connectivity index (χ2v) is 8.39. The third-order valence-electron chi connectivity index (χ3n) is 4.25. The normalized spacial score (nSPS) is 21.4. The van der Waals surface area contributed by atoms with Crippen LogP contribution in [0.3, 0.4) is 0 Å². The summed E-state index contributed by atoms with van der Waals surface area (Å²) < 4.78 is 66.1. The van der Waals surface area contributed by atoms with Crippen molar-refractivity contribution in [1.82, 2.24) is 5.32 Å². The zero-order chi connectivity index (χ0) is 19.5. The number of amides is 1. The molecule has 0 unspecified atom stereocenters. The molecule has 1 aromatic carbocycles. The maximum atomic E-state index is 13.1. The Morgan fingerprint density at radius 2 is 1.88 bits per heavy atom. The number of halogens is 4. The van der Waals surface area contributed by atoms with Crippen LogP contribution in [0.15, 0.2) is 18.2 Å². The minimum atomic E-state index is -4.68. The van der Waals surface area contributed by atoms with Gasteiger partial charge in [-0.1, -0.05) is 17.7 Å². The van der Waals surface area contributed by atoms with Gasteiger partial charge in [0.25, 0.3) is 16.0 Å². The van der Waals surface area contributed by atoms with E-state index in [0.29, 0.717) is 25.7 Å². The van der Waals surface area contributed by atoms with E-state index in [4.69, 9.17) is 15.8 Å². The lowest BCUT2D eigenvalue weighted by molar-refractivity contribution is -0.137. The lowest BCUT2D eigenvalue weighted by atomic mass is 9.86. The van der Waals surface area contributed by atoms with Crippen LogP contribution in [-0.2, 0) is 20.5 Å². The predicted molar refractivity (Wildman–Crippen MR) is 90.5 cm³/mol. The monoisotopic (exact) mass is 413 g/mol. The van der Waals surface area contributed by atoms with Gasteiger partial charge in [-0.2, -0.15) is 21.6 Å². The van der Waals surface area contributed by atoms with Gasteiger partial charge in [-0.15, -0.1) is 0 Å². The molecule has 1 amide bonds. The van der Waals surface area contributed by atoms with Crippen molar-refractivity contribution in [3.63, 3.8) is 0 Å². The van der Waals surface area contributed by atoms with Crippen LogP contribution in [0.1, 0.15) is 41.6 Å². The van der Waals surface area contributed by atoms with Crippen LogP contribution in [0.4, 0.5) is 13.2 Å². The van der Waals surface area contributed by atoms with Gasteiger partial charge in [-0.25, -0.2) is 0 Å². The Hall–Kier alpha value is -1.32. The number of rotatable bonds is 5. The van der Waals surface area contributed by atoms with E-state index in [1.165, 1.54) is 6.07 Å². The lowest BCUT2D eigenvalue weighted by Crippen LogP contribution is -2.39. The number of carbonyl (C=O) groups is 1. The molecular weight excluding hydrogens is 395 g/mol.